The normalized spacial score (nSPS) is 12.7. The molecule has 0 atom stereocenters. The molecule has 0 radical (unpaired) electrons. The third kappa shape index (κ3) is 5.70. The van der Waals surface area contributed by atoms with Crippen LogP contribution >= 0.6 is 0 Å². The Morgan fingerprint density at radius 3 is 2.54 bits per heavy atom. The number of carbonyl (C=O) groups excluding carboxylic acids is 1. The molecule has 0 unspecified atom stereocenters. The van der Waals surface area contributed by atoms with Gasteiger partial charge in [0.2, 0.25) is 5.96 Å². The molecule has 2 aromatic heterocycles. The minimum Gasteiger partial charge on any atom is -0.465 e. The number of fused-ring (bicyclic) bond motifs is 1. The monoisotopic (exact) mass is 389 g/mol. The minimum absolute atomic E-state index is 0.104. The fraction of sp³-hybridized carbons (Fsp3) is 0.474. The Morgan fingerprint density at radius 1 is 1.29 bits per heavy atom. The fourth-order valence-corrected chi connectivity index (χ4v) is 2.57. The van der Waals surface area contributed by atoms with E-state index in [1.165, 1.54) is 0 Å². The maximum absolute atomic E-state index is 12.2. The van der Waals surface area contributed by atoms with E-state index in [1.54, 1.807) is 31.9 Å². The lowest BCUT2D eigenvalue weighted by molar-refractivity contribution is 0.0599. The maximum atomic E-state index is 12.2. The number of carbonyl (C=O) groups is 2. The van der Waals surface area contributed by atoms with Gasteiger partial charge >= 0.3 is 12.2 Å². The van der Waals surface area contributed by atoms with Gasteiger partial charge in [-0.15, -0.1) is 4.99 Å². The highest BCUT2D eigenvalue weighted by Crippen LogP contribution is 2.23. The van der Waals surface area contributed by atoms with Crippen molar-refractivity contribution < 1.29 is 19.4 Å². The summed E-state index contributed by atoms with van der Waals surface area (Å²) < 4.78 is 5.22. The summed E-state index contributed by atoms with van der Waals surface area (Å²) in [5.74, 6) is -0.104. The number of aromatic nitrogens is 2. The van der Waals surface area contributed by atoms with Crippen LogP contribution in [-0.4, -0.2) is 49.3 Å². The van der Waals surface area contributed by atoms with Crippen LogP contribution in [0.25, 0.3) is 11.0 Å². The summed E-state index contributed by atoms with van der Waals surface area (Å²) in [5, 5.41) is 12.4. The Hall–Kier alpha value is -3.10. The van der Waals surface area contributed by atoms with Gasteiger partial charge in [-0.25, -0.2) is 14.6 Å². The lowest BCUT2D eigenvalue weighted by atomic mass is 10.0. The Balaban J connectivity index is 2.43. The van der Waals surface area contributed by atoms with Crippen molar-refractivity contribution in [2.24, 2.45) is 4.99 Å². The van der Waals surface area contributed by atoms with Crippen LogP contribution in [0.2, 0.25) is 0 Å². The molecule has 0 aromatic carbocycles. The molecule has 0 aliphatic rings. The maximum Gasteiger partial charge on any atom is 0.437 e. The number of ether oxygens (including phenoxy) is 1. The third-order valence-corrected chi connectivity index (χ3v) is 3.74. The number of carboxylic acid groups (broad SMARTS) is 1. The van der Waals surface area contributed by atoms with Crippen LogP contribution in [0.3, 0.4) is 0 Å². The van der Waals surface area contributed by atoms with Crippen LogP contribution in [0.4, 0.5) is 9.59 Å². The largest absolute Gasteiger partial charge is 0.465 e. The fourth-order valence-electron chi connectivity index (χ4n) is 2.57. The molecule has 2 rings (SSSR count). The number of rotatable bonds is 2. The number of nitrogens with zero attached hydrogens (tertiary/aromatic N) is 3. The van der Waals surface area contributed by atoms with Crippen molar-refractivity contribution in [3.63, 3.8) is 0 Å². The van der Waals surface area contributed by atoms with E-state index in [0.29, 0.717) is 6.54 Å². The van der Waals surface area contributed by atoms with Gasteiger partial charge in [-0.3, -0.25) is 5.32 Å². The summed E-state index contributed by atoms with van der Waals surface area (Å²) in [5.41, 5.74) is 0.323. The average Bonchev–Trinajstić information content (AvgIpc) is 2.91. The molecule has 152 valence electrons. The summed E-state index contributed by atoms with van der Waals surface area (Å²) in [6.45, 7) is 11.1. The highest BCUT2D eigenvalue weighted by atomic mass is 16.6. The van der Waals surface area contributed by atoms with Crippen molar-refractivity contribution in [2.45, 2.75) is 59.2 Å². The van der Waals surface area contributed by atoms with Crippen molar-refractivity contribution in [1.82, 2.24) is 20.2 Å². The molecule has 2 aromatic rings. The highest BCUT2D eigenvalue weighted by molar-refractivity contribution is 5.98. The first-order valence-electron chi connectivity index (χ1n) is 8.87. The van der Waals surface area contributed by atoms with Gasteiger partial charge in [-0.2, -0.15) is 0 Å². The van der Waals surface area contributed by atoms with Gasteiger partial charge in [-0.1, -0.05) is 0 Å². The predicted molar refractivity (Wildman–Crippen MR) is 106 cm³/mol. The summed E-state index contributed by atoms with van der Waals surface area (Å²) in [7, 11) is 0. The first kappa shape index (κ1) is 21.2. The van der Waals surface area contributed by atoms with Crippen LogP contribution in [0.1, 0.15) is 47.1 Å². The number of H-pyrrole nitrogens is 1. The van der Waals surface area contributed by atoms with Gasteiger partial charge in [0.25, 0.3) is 0 Å². The predicted octanol–water partition coefficient (Wildman–Crippen LogP) is 3.72. The average molecular weight is 389 g/mol. The van der Waals surface area contributed by atoms with Crippen molar-refractivity contribution in [3.8, 4) is 0 Å². The number of nitrogens with one attached hydrogen (secondary N) is 2. The van der Waals surface area contributed by atoms with Crippen LogP contribution in [0.5, 0.6) is 0 Å². The molecule has 0 aliphatic carbocycles. The minimum atomic E-state index is -1.32. The van der Waals surface area contributed by atoms with Crippen LogP contribution in [-0.2, 0) is 11.3 Å². The van der Waals surface area contributed by atoms with Crippen LogP contribution < -0.4 is 5.32 Å². The summed E-state index contributed by atoms with van der Waals surface area (Å²) in [4.78, 5) is 36.5. The highest BCUT2D eigenvalue weighted by Gasteiger charge is 2.29. The molecule has 28 heavy (non-hydrogen) atoms. The zero-order valence-corrected chi connectivity index (χ0v) is 17.0. The van der Waals surface area contributed by atoms with Crippen molar-refractivity contribution >= 4 is 29.2 Å². The van der Waals surface area contributed by atoms with Gasteiger partial charge in [0.1, 0.15) is 11.2 Å². The molecule has 2 amide bonds. The molecule has 9 nitrogen and oxygen atoms in total. The lowest BCUT2D eigenvalue weighted by Gasteiger charge is -2.37. The summed E-state index contributed by atoms with van der Waals surface area (Å²) >= 11 is 0. The molecular formula is C19H27N5O4. The van der Waals surface area contributed by atoms with Gasteiger partial charge in [0.05, 0.1) is 0 Å². The topological polar surface area (TPSA) is 120 Å². The number of hydrogen-bond acceptors (Lipinski definition) is 4. The van der Waals surface area contributed by atoms with Crippen molar-refractivity contribution in [1.29, 1.82) is 0 Å². The molecule has 2 heterocycles. The van der Waals surface area contributed by atoms with E-state index in [0.717, 1.165) is 16.6 Å². The first-order chi connectivity index (χ1) is 12.9. The van der Waals surface area contributed by atoms with E-state index >= 15 is 0 Å². The summed E-state index contributed by atoms with van der Waals surface area (Å²) in [6.07, 6.45) is 1.30. The molecule has 9 heteroatoms. The van der Waals surface area contributed by atoms with E-state index in [4.69, 9.17) is 4.74 Å². The number of aromatic amines is 1. The Labute approximate surface area is 163 Å². The molecule has 0 aliphatic heterocycles. The standard InChI is InChI=1S/C19H27N5O4/c1-18(2,3)24(11-12-10-21-14-13(12)8-7-9-20-14)15(22-16(25)26)23-17(27)28-19(4,5)6/h7-10H,11H2,1-6H3,(H,20,21)(H,25,26)(H,22,23,27). The van der Waals surface area contributed by atoms with E-state index < -0.39 is 23.3 Å². The molecule has 0 fully saturated rings. The molecule has 0 saturated carbocycles. The van der Waals surface area contributed by atoms with E-state index in [1.807, 2.05) is 39.1 Å². The number of aliphatic imine (C=N–C) groups is 1. The van der Waals surface area contributed by atoms with Gasteiger partial charge in [0.15, 0.2) is 0 Å². The SMILES string of the molecule is CC(C)(C)OC(=O)N=C(NC(=O)O)N(Cc1c[nH]c2ncccc12)C(C)(C)C. The second kappa shape index (κ2) is 7.87. The molecule has 3 N–H and O–H groups in total. The van der Waals surface area contributed by atoms with Crippen LogP contribution in [0.15, 0.2) is 29.5 Å². The lowest BCUT2D eigenvalue weighted by Crippen LogP contribution is -2.52. The molecular weight excluding hydrogens is 362 g/mol. The van der Waals surface area contributed by atoms with E-state index in [-0.39, 0.29) is 5.96 Å². The quantitative estimate of drug-likeness (QED) is 0.532. The Morgan fingerprint density at radius 2 is 1.96 bits per heavy atom. The Kier molecular flexibility index (Phi) is 5.96. The number of amides is 2. The smallest absolute Gasteiger partial charge is 0.437 e. The van der Waals surface area contributed by atoms with Gasteiger partial charge in [0, 0.05) is 29.9 Å². The number of guanidine groups is 1. The Bertz CT molecular complexity index is 890. The summed E-state index contributed by atoms with van der Waals surface area (Å²) in [6, 6.07) is 3.75. The van der Waals surface area contributed by atoms with Crippen molar-refractivity contribution in [3.05, 3.63) is 30.1 Å². The zero-order chi connectivity index (χ0) is 21.1. The van der Waals surface area contributed by atoms with Gasteiger partial charge < -0.3 is 19.7 Å². The van der Waals surface area contributed by atoms with Crippen LogP contribution in [0, 0.1) is 0 Å². The number of hydrogen-bond donors (Lipinski definition) is 3. The van der Waals surface area contributed by atoms with E-state index in [9.17, 15) is 14.7 Å². The third-order valence-electron chi connectivity index (χ3n) is 3.74. The molecule has 0 spiro atoms. The molecule has 0 bridgehead atoms. The number of pyridine rings is 1. The second-order valence-electron chi connectivity index (χ2n) is 8.32. The first-order valence-corrected chi connectivity index (χ1v) is 8.87. The van der Waals surface area contributed by atoms with E-state index in [2.05, 4.69) is 20.3 Å². The van der Waals surface area contributed by atoms with Gasteiger partial charge in [-0.05, 0) is 59.2 Å². The molecule has 0 saturated heterocycles. The second-order valence-corrected chi connectivity index (χ2v) is 8.32. The zero-order valence-electron chi connectivity index (χ0n) is 17.0. The van der Waals surface area contributed by atoms with Crippen molar-refractivity contribution in [2.75, 3.05) is 0 Å².